The highest BCUT2D eigenvalue weighted by molar-refractivity contribution is 5.96. The molecule has 0 saturated carbocycles. The second kappa shape index (κ2) is 12.0. The minimum Gasteiger partial charge on any atom is -0.459 e. The molecule has 32 heavy (non-hydrogen) atoms. The lowest BCUT2D eigenvalue weighted by molar-refractivity contribution is -0.153. The third-order valence-electron chi connectivity index (χ3n) is 5.63. The molecule has 174 valence electrons. The van der Waals surface area contributed by atoms with E-state index in [2.05, 4.69) is 5.32 Å². The first-order valence-electron chi connectivity index (χ1n) is 10.9. The number of nitrogens with one attached hydrogen (secondary N) is 1. The van der Waals surface area contributed by atoms with Gasteiger partial charge in [0.2, 0.25) is 18.2 Å². The zero-order chi connectivity index (χ0) is 23.7. The highest BCUT2D eigenvalue weighted by Crippen LogP contribution is 2.22. The number of carbonyl (C=O) groups is 4. The van der Waals surface area contributed by atoms with Crippen LogP contribution in [0.2, 0.25) is 0 Å². The molecule has 1 saturated heterocycles. The molecule has 1 aliphatic rings. The predicted molar refractivity (Wildman–Crippen MR) is 120 cm³/mol. The number of esters is 1. The molecule has 0 spiro atoms. The Hall–Kier alpha value is -3.16. The lowest BCUT2D eigenvalue weighted by Crippen LogP contribution is -2.44. The van der Waals surface area contributed by atoms with Crippen molar-refractivity contribution in [2.24, 2.45) is 5.92 Å². The van der Waals surface area contributed by atoms with Crippen molar-refractivity contribution >= 4 is 24.2 Å². The molecule has 2 rings (SSSR count). The first-order chi connectivity index (χ1) is 15.3. The molecule has 1 aliphatic heterocycles. The van der Waals surface area contributed by atoms with Gasteiger partial charge in [-0.2, -0.15) is 0 Å². The molecular formula is C24H33N3O5. The summed E-state index contributed by atoms with van der Waals surface area (Å²) in [6.45, 7) is 6.16. The number of likely N-dealkylation sites (tertiary alicyclic amines) is 1. The molecule has 1 aromatic rings. The standard InChI is InChI=1S/C24H33N3O5/c1-17(2)21(26(4)22(29)14-25-16-28)13-18(3)23(30)27-12-8-11-20(27)24(31)32-15-19-9-6-5-7-10-19/h5-7,9-10,13,16-17,20-21H,8,11-12,14-15H2,1-4H3,(H,25,28). The summed E-state index contributed by atoms with van der Waals surface area (Å²) in [5.41, 5.74) is 1.36. The van der Waals surface area contributed by atoms with Crippen molar-refractivity contribution in [1.82, 2.24) is 15.1 Å². The smallest absolute Gasteiger partial charge is 0.329 e. The number of nitrogens with zero attached hydrogens (tertiary/aromatic N) is 2. The topological polar surface area (TPSA) is 96.0 Å². The number of likely N-dealkylation sites (N-methyl/N-ethyl adjacent to an activating group) is 1. The van der Waals surface area contributed by atoms with Gasteiger partial charge in [0.15, 0.2) is 0 Å². The van der Waals surface area contributed by atoms with Crippen molar-refractivity contribution < 1.29 is 23.9 Å². The van der Waals surface area contributed by atoms with E-state index in [1.54, 1.807) is 24.9 Å². The summed E-state index contributed by atoms with van der Waals surface area (Å²) in [6, 6.07) is 8.48. The van der Waals surface area contributed by atoms with Crippen molar-refractivity contribution in [3.05, 3.63) is 47.5 Å². The Balaban J connectivity index is 2.07. The maximum absolute atomic E-state index is 13.1. The maximum Gasteiger partial charge on any atom is 0.329 e. The number of ether oxygens (including phenoxy) is 1. The van der Waals surface area contributed by atoms with E-state index in [1.165, 1.54) is 4.90 Å². The van der Waals surface area contributed by atoms with Crippen molar-refractivity contribution in [1.29, 1.82) is 0 Å². The highest BCUT2D eigenvalue weighted by atomic mass is 16.5. The third-order valence-corrected chi connectivity index (χ3v) is 5.63. The van der Waals surface area contributed by atoms with E-state index in [4.69, 9.17) is 4.74 Å². The molecule has 0 bridgehead atoms. The van der Waals surface area contributed by atoms with Gasteiger partial charge in [-0.15, -0.1) is 0 Å². The second-order valence-electron chi connectivity index (χ2n) is 8.34. The van der Waals surface area contributed by atoms with E-state index >= 15 is 0 Å². The molecule has 2 unspecified atom stereocenters. The van der Waals surface area contributed by atoms with Gasteiger partial charge in [-0.3, -0.25) is 14.4 Å². The van der Waals surface area contributed by atoms with Crippen LogP contribution in [0.3, 0.4) is 0 Å². The van der Waals surface area contributed by atoms with Crippen molar-refractivity contribution in [2.45, 2.75) is 52.3 Å². The molecule has 3 amide bonds. The van der Waals surface area contributed by atoms with E-state index in [-0.39, 0.29) is 36.9 Å². The Labute approximate surface area is 189 Å². The molecule has 8 nitrogen and oxygen atoms in total. The van der Waals surface area contributed by atoms with Gasteiger partial charge in [-0.25, -0.2) is 4.79 Å². The van der Waals surface area contributed by atoms with Crippen molar-refractivity contribution in [2.75, 3.05) is 20.1 Å². The van der Waals surface area contributed by atoms with Crippen LogP contribution >= 0.6 is 0 Å². The number of carbonyl (C=O) groups excluding carboxylic acids is 4. The molecular weight excluding hydrogens is 410 g/mol. The molecule has 1 heterocycles. The van der Waals surface area contributed by atoms with Crippen LogP contribution in [-0.2, 0) is 30.5 Å². The van der Waals surface area contributed by atoms with E-state index in [9.17, 15) is 19.2 Å². The fraction of sp³-hybridized carbons (Fsp3) is 0.500. The Kier molecular flexibility index (Phi) is 9.43. The van der Waals surface area contributed by atoms with Crippen LogP contribution in [0.15, 0.2) is 42.0 Å². The Morgan fingerprint density at radius 2 is 1.94 bits per heavy atom. The predicted octanol–water partition coefficient (Wildman–Crippen LogP) is 1.90. The van der Waals surface area contributed by atoms with Crippen LogP contribution in [0, 0.1) is 5.92 Å². The van der Waals surface area contributed by atoms with Gasteiger partial charge in [0, 0.05) is 19.2 Å². The third kappa shape index (κ3) is 6.67. The van der Waals surface area contributed by atoms with Gasteiger partial charge in [-0.05, 0) is 31.2 Å². The summed E-state index contributed by atoms with van der Waals surface area (Å²) in [6.07, 6.45) is 3.53. The number of rotatable bonds is 10. The number of benzene rings is 1. The van der Waals surface area contributed by atoms with Gasteiger partial charge in [-0.1, -0.05) is 50.3 Å². The van der Waals surface area contributed by atoms with Gasteiger partial charge >= 0.3 is 5.97 Å². The van der Waals surface area contributed by atoms with Gasteiger partial charge < -0.3 is 19.9 Å². The van der Waals surface area contributed by atoms with Gasteiger partial charge in [0.1, 0.15) is 12.6 Å². The lowest BCUT2D eigenvalue weighted by atomic mass is 9.99. The molecule has 0 aromatic heterocycles. The second-order valence-corrected chi connectivity index (χ2v) is 8.34. The fourth-order valence-corrected chi connectivity index (χ4v) is 3.81. The van der Waals surface area contributed by atoms with Crippen LogP contribution < -0.4 is 5.32 Å². The average molecular weight is 444 g/mol. The minimum absolute atomic E-state index is 0.0492. The molecule has 1 aromatic carbocycles. The van der Waals surface area contributed by atoms with Crippen LogP contribution in [-0.4, -0.2) is 66.2 Å². The molecule has 1 N–H and O–H groups in total. The van der Waals surface area contributed by atoms with Gasteiger partial charge in [0.25, 0.3) is 0 Å². The van der Waals surface area contributed by atoms with E-state index < -0.39 is 12.0 Å². The average Bonchev–Trinajstić information content (AvgIpc) is 3.28. The van der Waals surface area contributed by atoms with Crippen LogP contribution in [0.25, 0.3) is 0 Å². The Morgan fingerprint density at radius 1 is 1.25 bits per heavy atom. The summed E-state index contributed by atoms with van der Waals surface area (Å²) in [7, 11) is 1.65. The quantitative estimate of drug-likeness (QED) is 0.339. The summed E-state index contributed by atoms with van der Waals surface area (Å²) < 4.78 is 5.46. The van der Waals surface area contributed by atoms with Crippen LogP contribution in [0.4, 0.5) is 0 Å². The number of hydrogen-bond donors (Lipinski definition) is 1. The summed E-state index contributed by atoms with van der Waals surface area (Å²) in [4.78, 5) is 51.7. The minimum atomic E-state index is -0.608. The Bertz CT molecular complexity index is 837. The highest BCUT2D eigenvalue weighted by Gasteiger charge is 2.36. The zero-order valence-corrected chi connectivity index (χ0v) is 19.2. The SMILES string of the molecule is CC(=CC(C(C)C)N(C)C(=O)CNC=O)C(=O)N1CCCC1C(=O)OCc1ccccc1. The first-order valence-corrected chi connectivity index (χ1v) is 10.9. The molecule has 0 aliphatic carbocycles. The van der Waals surface area contributed by atoms with Crippen LogP contribution in [0.5, 0.6) is 0 Å². The lowest BCUT2D eigenvalue weighted by Gasteiger charge is -2.30. The molecule has 0 radical (unpaired) electrons. The van der Waals surface area contributed by atoms with Crippen molar-refractivity contribution in [3.8, 4) is 0 Å². The summed E-state index contributed by atoms with van der Waals surface area (Å²) >= 11 is 0. The monoisotopic (exact) mass is 443 g/mol. The molecule has 2 atom stereocenters. The van der Waals surface area contributed by atoms with Crippen LogP contribution in [0.1, 0.15) is 39.2 Å². The van der Waals surface area contributed by atoms with Gasteiger partial charge in [0.05, 0.1) is 12.6 Å². The van der Waals surface area contributed by atoms with Crippen molar-refractivity contribution in [3.63, 3.8) is 0 Å². The van der Waals surface area contributed by atoms with E-state index in [0.29, 0.717) is 24.9 Å². The Morgan fingerprint density at radius 3 is 2.56 bits per heavy atom. The fourth-order valence-electron chi connectivity index (χ4n) is 3.81. The van der Waals surface area contributed by atoms with E-state index in [1.807, 2.05) is 44.2 Å². The maximum atomic E-state index is 13.1. The zero-order valence-electron chi connectivity index (χ0n) is 19.2. The molecule has 8 heteroatoms. The number of hydrogen-bond acceptors (Lipinski definition) is 5. The summed E-state index contributed by atoms with van der Waals surface area (Å²) in [5.74, 6) is -0.842. The number of amides is 3. The first kappa shape index (κ1) is 25.1. The summed E-state index contributed by atoms with van der Waals surface area (Å²) in [5, 5.41) is 2.37. The largest absolute Gasteiger partial charge is 0.459 e. The normalized spacial score (nSPS) is 17.1. The van der Waals surface area contributed by atoms with E-state index in [0.717, 1.165) is 12.0 Å². The molecule has 1 fully saturated rings.